The van der Waals surface area contributed by atoms with Crippen LogP contribution in [-0.4, -0.2) is 46.7 Å². The van der Waals surface area contributed by atoms with E-state index < -0.39 is 23.4 Å². The van der Waals surface area contributed by atoms with Gasteiger partial charge in [-0.15, -0.1) is 0 Å². The van der Waals surface area contributed by atoms with E-state index in [1.54, 1.807) is 63.0 Å². The van der Waals surface area contributed by atoms with E-state index in [4.69, 9.17) is 18.9 Å². The zero-order valence-corrected chi connectivity index (χ0v) is 21.0. The van der Waals surface area contributed by atoms with Crippen LogP contribution in [-0.2, 0) is 9.47 Å². The molecule has 8 nitrogen and oxygen atoms in total. The van der Waals surface area contributed by atoms with Crippen LogP contribution in [0.5, 0.6) is 11.5 Å². The summed E-state index contributed by atoms with van der Waals surface area (Å²) in [6.07, 6.45) is 2.26. The molecule has 0 saturated carbocycles. The van der Waals surface area contributed by atoms with Crippen molar-refractivity contribution in [3.8, 4) is 34.0 Å². The van der Waals surface area contributed by atoms with Crippen LogP contribution in [0.2, 0.25) is 0 Å². The lowest BCUT2D eigenvalue weighted by atomic mass is 10.0. The number of aromatic nitrogens is 2. The number of benzene rings is 1. The molecule has 0 radical (unpaired) electrons. The minimum atomic E-state index is -0.642. The number of nitrogens with zero attached hydrogens (tertiary/aromatic N) is 2. The van der Waals surface area contributed by atoms with Crippen molar-refractivity contribution >= 4 is 12.2 Å². The molecule has 8 heteroatoms. The average Bonchev–Trinajstić information content (AvgIpc) is 3.40. The van der Waals surface area contributed by atoms with Crippen molar-refractivity contribution in [3.63, 3.8) is 0 Å². The normalized spacial score (nSPS) is 11.8. The topological polar surface area (TPSA) is 80.9 Å². The Bertz CT molecular complexity index is 1100. The Morgan fingerprint density at radius 2 is 1.03 bits per heavy atom. The summed E-state index contributed by atoms with van der Waals surface area (Å²) in [4.78, 5) is 25.5. The standard InChI is InChI=1S/C26H32N2O6/c1-25(2,3)33-23(29)27-13-9-11-19(27)17-15-22(32-8)18(16-21(17)31-7)20-12-10-14-28(20)24(30)34-26(4,5)6/h9-16H,1-8H3. The number of hydrogen-bond donors (Lipinski definition) is 0. The summed E-state index contributed by atoms with van der Waals surface area (Å²) in [7, 11) is 3.09. The van der Waals surface area contributed by atoms with Crippen molar-refractivity contribution in [2.75, 3.05) is 14.2 Å². The lowest BCUT2D eigenvalue weighted by molar-refractivity contribution is 0.0528. The molecule has 2 aromatic heterocycles. The highest BCUT2D eigenvalue weighted by atomic mass is 16.6. The average molecular weight is 469 g/mol. The van der Waals surface area contributed by atoms with Crippen molar-refractivity contribution in [1.29, 1.82) is 0 Å². The fourth-order valence-corrected chi connectivity index (χ4v) is 3.44. The molecule has 3 aromatic rings. The Balaban J connectivity index is 2.11. The fraction of sp³-hybridized carbons (Fsp3) is 0.385. The van der Waals surface area contributed by atoms with Crippen LogP contribution in [0.25, 0.3) is 22.5 Å². The predicted octanol–water partition coefficient (Wildman–Crippen LogP) is 6.21. The van der Waals surface area contributed by atoms with Gasteiger partial charge in [-0.05, 0) is 77.9 Å². The molecular formula is C26H32N2O6. The van der Waals surface area contributed by atoms with E-state index in [1.807, 2.05) is 41.5 Å². The lowest BCUT2D eigenvalue weighted by Crippen LogP contribution is -2.27. The van der Waals surface area contributed by atoms with Crippen molar-refractivity contribution < 1.29 is 28.5 Å². The molecule has 0 bridgehead atoms. The molecule has 34 heavy (non-hydrogen) atoms. The highest BCUT2D eigenvalue weighted by Gasteiger charge is 2.25. The van der Waals surface area contributed by atoms with Gasteiger partial charge in [-0.3, -0.25) is 9.13 Å². The second-order valence-electron chi connectivity index (χ2n) is 9.74. The van der Waals surface area contributed by atoms with Gasteiger partial charge in [-0.1, -0.05) is 0 Å². The highest BCUT2D eigenvalue weighted by molar-refractivity contribution is 5.86. The van der Waals surface area contributed by atoms with Crippen molar-refractivity contribution in [3.05, 3.63) is 48.8 Å². The van der Waals surface area contributed by atoms with Gasteiger partial charge in [-0.25, -0.2) is 9.59 Å². The summed E-state index contributed by atoms with van der Waals surface area (Å²) in [5.41, 5.74) is 1.15. The third kappa shape index (κ3) is 5.44. The number of rotatable bonds is 4. The minimum Gasteiger partial charge on any atom is -0.496 e. The van der Waals surface area contributed by atoms with Crippen LogP contribution in [0.1, 0.15) is 41.5 Å². The first-order chi connectivity index (χ1) is 15.8. The third-order valence-electron chi connectivity index (χ3n) is 4.75. The molecule has 0 atom stereocenters. The Morgan fingerprint density at radius 3 is 1.32 bits per heavy atom. The maximum Gasteiger partial charge on any atom is 0.418 e. The molecule has 0 fully saturated rings. The molecule has 0 N–H and O–H groups in total. The number of carbonyl (C=O) groups excluding carboxylic acids is 2. The highest BCUT2D eigenvalue weighted by Crippen LogP contribution is 2.41. The van der Waals surface area contributed by atoms with Gasteiger partial charge in [0.25, 0.3) is 0 Å². The molecule has 3 rings (SSSR count). The van der Waals surface area contributed by atoms with Gasteiger partial charge in [-0.2, -0.15) is 0 Å². The first-order valence-electron chi connectivity index (χ1n) is 10.9. The van der Waals surface area contributed by atoms with Crippen LogP contribution in [0, 0.1) is 0 Å². The molecule has 0 amide bonds. The number of ether oxygens (including phenoxy) is 4. The summed E-state index contributed by atoms with van der Waals surface area (Å²) in [5.74, 6) is 0.993. The van der Waals surface area contributed by atoms with Crippen molar-refractivity contribution in [2.45, 2.75) is 52.7 Å². The summed E-state index contributed by atoms with van der Waals surface area (Å²) in [6, 6.07) is 10.7. The van der Waals surface area contributed by atoms with Gasteiger partial charge < -0.3 is 18.9 Å². The summed E-state index contributed by atoms with van der Waals surface area (Å²) in [6.45, 7) is 10.9. The number of methoxy groups -OCH3 is 2. The van der Waals surface area contributed by atoms with Crippen LogP contribution in [0.4, 0.5) is 9.59 Å². The zero-order valence-electron chi connectivity index (χ0n) is 21.0. The molecule has 0 aliphatic rings. The Labute approximate surface area is 200 Å². The van der Waals surface area contributed by atoms with Crippen molar-refractivity contribution in [1.82, 2.24) is 9.13 Å². The zero-order chi connectivity index (χ0) is 25.3. The third-order valence-corrected chi connectivity index (χ3v) is 4.75. The van der Waals surface area contributed by atoms with Crippen LogP contribution in [0.15, 0.2) is 48.8 Å². The van der Waals surface area contributed by atoms with Crippen LogP contribution < -0.4 is 9.47 Å². The Kier molecular flexibility index (Phi) is 6.82. The first-order valence-corrected chi connectivity index (χ1v) is 10.9. The van der Waals surface area contributed by atoms with E-state index in [1.165, 1.54) is 9.13 Å². The summed E-state index contributed by atoms with van der Waals surface area (Å²) >= 11 is 0. The maximum atomic E-state index is 12.8. The monoisotopic (exact) mass is 468 g/mol. The van der Waals surface area contributed by atoms with E-state index in [9.17, 15) is 9.59 Å². The van der Waals surface area contributed by atoms with Crippen LogP contribution >= 0.6 is 0 Å². The summed E-state index contributed by atoms with van der Waals surface area (Å²) in [5, 5.41) is 0. The first kappa shape index (κ1) is 25.0. The molecule has 2 heterocycles. The predicted molar refractivity (Wildman–Crippen MR) is 130 cm³/mol. The smallest absolute Gasteiger partial charge is 0.418 e. The Hall–Kier alpha value is -3.68. The molecule has 0 spiro atoms. The molecule has 182 valence electrons. The quantitative estimate of drug-likeness (QED) is 0.453. The minimum absolute atomic E-state index is 0.497. The van der Waals surface area contributed by atoms with Crippen molar-refractivity contribution in [2.24, 2.45) is 0 Å². The van der Waals surface area contributed by atoms with E-state index in [-0.39, 0.29) is 0 Å². The van der Waals surface area contributed by atoms with Gasteiger partial charge in [0.1, 0.15) is 22.7 Å². The molecular weight excluding hydrogens is 436 g/mol. The van der Waals surface area contributed by atoms with E-state index in [0.29, 0.717) is 34.0 Å². The second kappa shape index (κ2) is 9.29. The van der Waals surface area contributed by atoms with Crippen LogP contribution in [0.3, 0.4) is 0 Å². The van der Waals surface area contributed by atoms with Gasteiger partial charge >= 0.3 is 12.2 Å². The fourth-order valence-electron chi connectivity index (χ4n) is 3.44. The van der Waals surface area contributed by atoms with E-state index in [2.05, 4.69) is 0 Å². The van der Waals surface area contributed by atoms with E-state index >= 15 is 0 Å². The molecule has 0 aliphatic carbocycles. The second-order valence-corrected chi connectivity index (χ2v) is 9.74. The Morgan fingerprint density at radius 1 is 0.676 bits per heavy atom. The number of carbonyl (C=O) groups is 2. The molecule has 0 saturated heterocycles. The van der Waals surface area contributed by atoms with Gasteiger partial charge in [0.15, 0.2) is 0 Å². The van der Waals surface area contributed by atoms with Gasteiger partial charge in [0.2, 0.25) is 0 Å². The number of hydrogen-bond acceptors (Lipinski definition) is 6. The molecule has 0 aliphatic heterocycles. The largest absolute Gasteiger partial charge is 0.496 e. The molecule has 1 aromatic carbocycles. The lowest BCUT2D eigenvalue weighted by Gasteiger charge is -2.22. The SMILES string of the molecule is COc1cc(-c2cccn2C(=O)OC(C)(C)C)c(OC)cc1-c1cccn1C(=O)OC(C)(C)C. The van der Waals surface area contributed by atoms with Gasteiger partial charge in [0, 0.05) is 23.5 Å². The van der Waals surface area contributed by atoms with Gasteiger partial charge in [0.05, 0.1) is 25.6 Å². The maximum absolute atomic E-state index is 12.8. The summed E-state index contributed by atoms with van der Waals surface area (Å²) < 4.78 is 25.3. The molecule has 0 unspecified atom stereocenters. The van der Waals surface area contributed by atoms with E-state index in [0.717, 1.165) is 0 Å².